The second kappa shape index (κ2) is 4.38. The Bertz CT molecular complexity index is 564. The van der Waals surface area contributed by atoms with Crippen molar-refractivity contribution in [3.63, 3.8) is 0 Å². The Hall–Kier alpha value is -1.95. The summed E-state index contributed by atoms with van der Waals surface area (Å²) in [6.07, 6.45) is 1.77. The van der Waals surface area contributed by atoms with Gasteiger partial charge in [-0.25, -0.2) is 4.39 Å². The molecule has 0 saturated carbocycles. The van der Waals surface area contributed by atoms with Gasteiger partial charge in [-0.15, -0.1) is 0 Å². The molecule has 1 aliphatic heterocycles. The Morgan fingerprint density at radius 1 is 1.39 bits per heavy atom. The standard InChI is InChI=1S/C12H12FN3O2/c13-8-6-7(3-4-9(8)14)12-15-11(16-18-12)10-2-1-5-17-10/h3-4,6,10H,1-2,5,14H2. The van der Waals surface area contributed by atoms with E-state index in [9.17, 15) is 4.39 Å². The number of anilines is 1. The number of nitrogen functional groups attached to an aromatic ring is 1. The van der Waals surface area contributed by atoms with Crippen LogP contribution in [-0.2, 0) is 4.74 Å². The van der Waals surface area contributed by atoms with E-state index in [0.717, 1.165) is 12.8 Å². The predicted molar refractivity (Wildman–Crippen MR) is 62.0 cm³/mol. The number of halogens is 1. The molecular weight excluding hydrogens is 237 g/mol. The Kier molecular flexibility index (Phi) is 2.71. The molecule has 5 nitrogen and oxygen atoms in total. The minimum absolute atomic E-state index is 0.0950. The monoisotopic (exact) mass is 249 g/mol. The van der Waals surface area contributed by atoms with Gasteiger partial charge in [-0.2, -0.15) is 4.98 Å². The number of nitrogens with two attached hydrogens (primary N) is 1. The van der Waals surface area contributed by atoms with E-state index in [1.807, 2.05) is 0 Å². The van der Waals surface area contributed by atoms with Crippen LogP contribution in [0.3, 0.4) is 0 Å². The highest BCUT2D eigenvalue weighted by molar-refractivity contribution is 5.57. The number of rotatable bonds is 2. The molecule has 1 fully saturated rings. The molecule has 0 spiro atoms. The van der Waals surface area contributed by atoms with Crippen LogP contribution >= 0.6 is 0 Å². The fourth-order valence-electron chi connectivity index (χ4n) is 1.92. The summed E-state index contributed by atoms with van der Waals surface area (Å²) in [7, 11) is 0. The van der Waals surface area contributed by atoms with Gasteiger partial charge in [0, 0.05) is 12.2 Å². The molecule has 3 rings (SSSR count). The molecule has 0 aliphatic carbocycles. The molecule has 1 aromatic heterocycles. The van der Waals surface area contributed by atoms with Crippen molar-refractivity contribution in [2.24, 2.45) is 0 Å². The molecule has 0 amide bonds. The molecule has 2 aromatic rings. The van der Waals surface area contributed by atoms with Crippen molar-refractivity contribution in [2.75, 3.05) is 12.3 Å². The first-order valence-corrected chi connectivity index (χ1v) is 5.74. The predicted octanol–water partition coefficient (Wildman–Crippen LogP) is 2.31. The van der Waals surface area contributed by atoms with Crippen LogP contribution in [0.25, 0.3) is 11.5 Å². The van der Waals surface area contributed by atoms with Gasteiger partial charge in [0.1, 0.15) is 11.9 Å². The van der Waals surface area contributed by atoms with Crippen molar-refractivity contribution in [3.05, 3.63) is 29.8 Å². The van der Waals surface area contributed by atoms with Crippen molar-refractivity contribution in [1.82, 2.24) is 10.1 Å². The minimum atomic E-state index is -0.496. The Morgan fingerprint density at radius 2 is 2.28 bits per heavy atom. The van der Waals surface area contributed by atoms with E-state index in [0.29, 0.717) is 18.0 Å². The first kappa shape index (κ1) is 11.2. The second-order valence-electron chi connectivity index (χ2n) is 4.20. The van der Waals surface area contributed by atoms with Crippen molar-refractivity contribution in [1.29, 1.82) is 0 Å². The first-order chi connectivity index (χ1) is 8.74. The number of aromatic nitrogens is 2. The number of benzene rings is 1. The number of nitrogens with zero attached hydrogens (tertiary/aromatic N) is 2. The molecule has 1 atom stereocenters. The summed E-state index contributed by atoms with van der Waals surface area (Å²) in [6, 6.07) is 4.40. The highest BCUT2D eigenvalue weighted by atomic mass is 19.1. The molecule has 0 bridgehead atoms. The largest absolute Gasteiger partial charge is 0.396 e. The second-order valence-corrected chi connectivity index (χ2v) is 4.20. The lowest BCUT2D eigenvalue weighted by Crippen LogP contribution is -1.97. The van der Waals surface area contributed by atoms with Crippen LogP contribution < -0.4 is 5.73 Å². The summed E-state index contributed by atoms with van der Waals surface area (Å²) in [4.78, 5) is 4.22. The molecule has 1 saturated heterocycles. The maximum Gasteiger partial charge on any atom is 0.258 e. The van der Waals surface area contributed by atoms with Gasteiger partial charge >= 0.3 is 0 Å². The SMILES string of the molecule is Nc1ccc(-c2nc(C3CCCO3)no2)cc1F. The lowest BCUT2D eigenvalue weighted by Gasteiger charge is -2.01. The highest BCUT2D eigenvalue weighted by Crippen LogP contribution is 2.28. The topological polar surface area (TPSA) is 74.2 Å². The van der Waals surface area contributed by atoms with Crippen LogP contribution in [0.15, 0.2) is 22.7 Å². The Morgan fingerprint density at radius 3 is 3.00 bits per heavy atom. The van der Waals surface area contributed by atoms with E-state index in [1.165, 1.54) is 12.1 Å². The molecular formula is C12H12FN3O2. The molecule has 6 heteroatoms. The third-order valence-corrected chi connectivity index (χ3v) is 2.91. The van der Waals surface area contributed by atoms with E-state index < -0.39 is 5.82 Å². The van der Waals surface area contributed by atoms with Gasteiger partial charge < -0.3 is 15.0 Å². The van der Waals surface area contributed by atoms with Gasteiger partial charge in [-0.3, -0.25) is 0 Å². The number of hydrogen-bond donors (Lipinski definition) is 1. The van der Waals surface area contributed by atoms with E-state index in [1.54, 1.807) is 6.07 Å². The van der Waals surface area contributed by atoms with Crippen LogP contribution in [0.5, 0.6) is 0 Å². The zero-order valence-electron chi connectivity index (χ0n) is 9.60. The third kappa shape index (κ3) is 1.95. The first-order valence-electron chi connectivity index (χ1n) is 5.74. The average Bonchev–Trinajstić information content (AvgIpc) is 3.01. The molecule has 1 aliphatic rings. The zero-order chi connectivity index (χ0) is 12.5. The Labute approximate surface area is 103 Å². The van der Waals surface area contributed by atoms with Gasteiger partial charge in [0.25, 0.3) is 5.89 Å². The Balaban J connectivity index is 1.89. The molecule has 0 radical (unpaired) electrons. The lowest BCUT2D eigenvalue weighted by molar-refractivity contribution is 0.103. The summed E-state index contributed by atoms with van der Waals surface area (Å²) in [5.41, 5.74) is 6.02. The fourth-order valence-corrected chi connectivity index (χ4v) is 1.92. The van der Waals surface area contributed by atoms with Crippen molar-refractivity contribution >= 4 is 5.69 Å². The van der Waals surface area contributed by atoms with E-state index in [2.05, 4.69) is 10.1 Å². The number of ether oxygens (including phenoxy) is 1. The number of hydrogen-bond acceptors (Lipinski definition) is 5. The van der Waals surface area contributed by atoms with E-state index in [-0.39, 0.29) is 17.7 Å². The third-order valence-electron chi connectivity index (χ3n) is 2.91. The van der Waals surface area contributed by atoms with Gasteiger partial charge in [0.2, 0.25) is 5.82 Å². The smallest absolute Gasteiger partial charge is 0.258 e. The molecule has 2 N–H and O–H groups in total. The minimum Gasteiger partial charge on any atom is -0.396 e. The fraction of sp³-hybridized carbons (Fsp3) is 0.333. The summed E-state index contributed by atoms with van der Waals surface area (Å²) < 4.78 is 23.9. The van der Waals surface area contributed by atoms with Crippen LogP contribution in [0.2, 0.25) is 0 Å². The van der Waals surface area contributed by atoms with Gasteiger partial charge in [-0.05, 0) is 31.0 Å². The van der Waals surface area contributed by atoms with Crippen LogP contribution in [0.4, 0.5) is 10.1 Å². The maximum atomic E-state index is 13.3. The molecule has 2 heterocycles. The summed E-state index contributed by atoms with van der Waals surface area (Å²) in [5.74, 6) is 0.295. The highest BCUT2D eigenvalue weighted by Gasteiger charge is 2.23. The normalized spacial score (nSPS) is 19.3. The van der Waals surface area contributed by atoms with Gasteiger partial charge in [0.15, 0.2) is 0 Å². The molecule has 18 heavy (non-hydrogen) atoms. The van der Waals surface area contributed by atoms with Crippen LogP contribution in [-0.4, -0.2) is 16.7 Å². The lowest BCUT2D eigenvalue weighted by atomic mass is 10.2. The average molecular weight is 249 g/mol. The zero-order valence-corrected chi connectivity index (χ0v) is 9.60. The maximum absolute atomic E-state index is 13.3. The molecule has 1 unspecified atom stereocenters. The van der Waals surface area contributed by atoms with Crippen molar-refractivity contribution in [3.8, 4) is 11.5 Å². The van der Waals surface area contributed by atoms with Gasteiger partial charge in [0.05, 0.1) is 5.69 Å². The van der Waals surface area contributed by atoms with Crippen molar-refractivity contribution < 1.29 is 13.7 Å². The molecule has 94 valence electrons. The van der Waals surface area contributed by atoms with E-state index >= 15 is 0 Å². The van der Waals surface area contributed by atoms with Crippen molar-refractivity contribution in [2.45, 2.75) is 18.9 Å². The summed E-state index contributed by atoms with van der Waals surface area (Å²) in [6.45, 7) is 0.713. The van der Waals surface area contributed by atoms with Crippen LogP contribution in [0, 0.1) is 5.82 Å². The quantitative estimate of drug-likeness (QED) is 0.826. The van der Waals surface area contributed by atoms with Crippen LogP contribution in [0.1, 0.15) is 24.8 Å². The molecule has 1 aromatic carbocycles. The van der Waals surface area contributed by atoms with Gasteiger partial charge in [-0.1, -0.05) is 5.16 Å². The summed E-state index contributed by atoms with van der Waals surface area (Å²) in [5, 5.41) is 3.86. The van der Waals surface area contributed by atoms with E-state index in [4.69, 9.17) is 15.0 Å². The summed E-state index contributed by atoms with van der Waals surface area (Å²) >= 11 is 0.